The van der Waals surface area contributed by atoms with E-state index in [9.17, 15) is 4.39 Å². The molecule has 0 radical (unpaired) electrons. The Bertz CT molecular complexity index is 577. The number of halogens is 2. The van der Waals surface area contributed by atoms with Crippen molar-refractivity contribution < 1.29 is 9.13 Å². The lowest BCUT2D eigenvalue weighted by atomic mass is 10.2. The zero-order chi connectivity index (χ0) is 13.1. The van der Waals surface area contributed by atoms with Crippen LogP contribution in [0.5, 0.6) is 5.88 Å². The van der Waals surface area contributed by atoms with Crippen molar-refractivity contribution in [3.8, 4) is 5.88 Å². The zero-order valence-electron chi connectivity index (χ0n) is 9.87. The minimum Gasteiger partial charge on any atom is -0.480 e. The van der Waals surface area contributed by atoms with E-state index in [4.69, 9.17) is 4.74 Å². The number of nitrogens with one attached hydrogen (secondary N) is 1. The van der Waals surface area contributed by atoms with Crippen molar-refractivity contribution in [2.45, 2.75) is 6.92 Å². The third-order valence-electron chi connectivity index (χ3n) is 2.42. The van der Waals surface area contributed by atoms with Crippen molar-refractivity contribution in [2.75, 3.05) is 12.4 Å². The summed E-state index contributed by atoms with van der Waals surface area (Å²) in [5.74, 6) is 0.495. The Morgan fingerprint density at radius 1 is 1.39 bits per heavy atom. The minimum atomic E-state index is -0.274. The number of methoxy groups -OCH3 is 1. The molecule has 1 aromatic heterocycles. The van der Waals surface area contributed by atoms with Crippen LogP contribution in [0.25, 0.3) is 0 Å². The van der Waals surface area contributed by atoms with Crippen molar-refractivity contribution >= 4 is 27.6 Å². The molecule has 0 amide bonds. The maximum Gasteiger partial charge on any atom is 0.232 e. The molecule has 2 rings (SSSR count). The zero-order valence-corrected chi connectivity index (χ0v) is 11.5. The number of rotatable bonds is 3. The molecule has 1 N–H and O–H groups in total. The van der Waals surface area contributed by atoms with E-state index in [0.29, 0.717) is 27.6 Å². The third-order valence-corrected chi connectivity index (χ3v) is 2.96. The standard InChI is InChI=1S/C12H11BrFN3O/c1-7-9(14)4-3-5-10(7)16-12-15-6-8(13)11(17-12)18-2/h3-6H,1-2H3,(H,15,16,17). The van der Waals surface area contributed by atoms with Crippen molar-refractivity contribution in [2.24, 2.45) is 0 Å². The SMILES string of the molecule is COc1nc(Nc2cccc(F)c2C)ncc1Br. The minimum absolute atomic E-state index is 0.274. The molecule has 1 heterocycles. The summed E-state index contributed by atoms with van der Waals surface area (Å²) in [4.78, 5) is 8.22. The topological polar surface area (TPSA) is 47.0 Å². The van der Waals surface area contributed by atoms with Crippen molar-refractivity contribution in [1.29, 1.82) is 0 Å². The Morgan fingerprint density at radius 2 is 2.17 bits per heavy atom. The van der Waals surface area contributed by atoms with Gasteiger partial charge >= 0.3 is 0 Å². The fourth-order valence-corrected chi connectivity index (χ4v) is 1.77. The molecule has 0 spiro atoms. The number of ether oxygens (including phenoxy) is 1. The normalized spacial score (nSPS) is 10.2. The lowest BCUT2D eigenvalue weighted by molar-refractivity contribution is 0.394. The molecule has 6 heteroatoms. The van der Waals surface area contributed by atoms with Gasteiger partial charge in [-0.1, -0.05) is 6.07 Å². The van der Waals surface area contributed by atoms with E-state index in [-0.39, 0.29) is 5.82 Å². The summed E-state index contributed by atoms with van der Waals surface area (Å²) in [5, 5.41) is 2.95. The Balaban J connectivity index is 2.31. The molecule has 0 saturated heterocycles. The van der Waals surface area contributed by atoms with Gasteiger partial charge in [0.05, 0.1) is 17.8 Å². The first-order valence-electron chi connectivity index (χ1n) is 5.20. The van der Waals surface area contributed by atoms with Crippen molar-refractivity contribution in [3.05, 3.63) is 40.2 Å². The highest BCUT2D eigenvalue weighted by Crippen LogP contribution is 2.25. The Labute approximate surface area is 112 Å². The van der Waals surface area contributed by atoms with Gasteiger partial charge in [-0.2, -0.15) is 4.98 Å². The number of benzene rings is 1. The molecule has 18 heavy (non-hydrogen) atoms. The van der Waals surface area contributed by atoms with E-state index >= 15 is 0 Å². The maximum atomic E-state index is 13.4. The Morgan fingerprint density at radius 3 is 2.89 bits per heavy atom. The second-order valence-corrected chi connectivity index (χ2v) is 4.44. The number of hydrogen-bond donors (Lipinski definition) is 1. The number of nitrogens with zero attached hydrogens (tertiary/aromatic N) is 2. The fraction of sp³-hybridized carbons (Fsp3) is 0.167. The highest BCUT2D eigenvalue weighted by molar-refractivity contribution is 9.10. The molecular formula is C12H11BrFN3O. The molecule has 0 unspecified atom stereocenters. The second-order valence-electron chi connectivity index (χ2n) is 3.59. The third kappa shape index (κ3) is 2.59. The van der Waals surface area contributed by atoms with Gasteiger partial charge in [-0.25, -0.2) is 9.37 Å². The number of hydrogen-bond acceptors (Lipinski definition) is 4. The van der Waals surface area contributed by atoms with Gasteiger partial charge in [-0.3, -0.25) is 0 Å². The summed E-state index contributed by atoms with van der Waals surface area (Å²) in [6.07, 6.45) is 1.57. The van der Waals surface area contributed by atoms with Crippen LogP contribution in [0.1, 0.15) is 5.56 Å². The molecule has 0 atom stereocenters. The summed E-state index contributed by atoms with van der Waals surface area (Å²) in [5.41, 5.74) is 1.14. The van der Waals surface area contributed by atoms with Crippen LogP contribution in [0.3, 0.4) is 0 Å². The van der Waals surface area contributed by atoms with Crippen LogP contribution in [0.15, 0.2) is 28.9 Å². The molecule has 1 aromatic carbocycles. The molecule has 2 aromatic rings. The van der Waals surface area contributed by atoms with Gasteiger partial charge in [-0.05, 0) is 35.0 Å². The number of anilines is 2. The summed E-state index contributed by atoms with van der Waals surface area (Å²) in [6.45, 7) is 1.69. The van der Waals surface area contributed by atoms with Gasteiger partial charge in [0.15, 0.2) is 0 Å². The van der Waals surface area contributed by atoms with Crippen LogP contribution in [-0.4, -0.2) is 17.1 Å². The molecule has 0 bridgehead atoms. The fourth-order valence-electron chi connectivity index (χ4n) is 1.42. The molecule has 4 nitrogen and oxygen atoms in total. The smallest absolute Gasteiger partial charge is 0.232 e. The molecule has 0 saturated carbocycles. The molecule has 0 fully saturated rings. The quantitative estimate of drug-likeness (QED) is 0.943. The highest BCUT2D eigenvalue weighted by Gasteiger charge is 2.08. The lowest BCUT2D eigenvalue weighted by Crippen LogP contribution is -2.01. The van der Waals surface area contributed by atoms with Crippen LogP contribution in [0.4, 0.5) is 16.0 Å². The van der Waals surface area contributed by atoms with Crippen molar-refractivity contribution in [1.82, 2.24) is 9.97 Å². The molecule has 0 aliphatic heterocycles. The van der Waals surface area contributed by atoms with E-state index < -0.39 is 0 Å². The maximum absolute atomic E-state index is 13.4. The van der Waals surface area contributed by atoms with E-state index in [1.165, 1.54) is 13.2 Å². The van der Waals surface area contributed by atoms with Crippen molar-refractivity contribution in [3.63, 3.8) is 0 Å². The first-order chi connectivity index (χ1) is 8.61. The number of aromatic nitrogens is 2. The Kier molecular flexibility index (Phi) is 3.76. The van der Waals surface area contributed by atoms with Crippen LogP contribution in [0.2, 0.25) is 0 Å². The largest absolute Gasteiger partial charge is 0.480 e. The van der Waals surface area contributed by atoms with Crippen LogP contribution in [0, 0.1) is 12.7 Å². The van der Waals surface area contributed by atoms with Crippen LogP contribution < -0.4 is 10.1 Å². The Hall–Kier alpha value is -1.69. The summed E-state index contributed by atoms with van der Waals surface area (Å²) < 4.78 is 19.1. The van der Waals surface area contributed by atoms with E-state index in [1.807, 2.05) is 0 Å². The van der Waals surface area contributed by atoms with Gasteiger partial charge in [-0.15, -0.1) is 0 Å². The van der Waals surface area contributed by atoms with Gasteiger partial charge in [0.2, 0.25) is 11.8 Å². The highest BCUT2D eigenvalue weighted by atomic mass is 79.9. The summed E-state index contributed by atoms with van der Waals surface area (Å²) in [7, 11) is 1.52. The van der Waals surface area contributed by atoms with Gasteiger partial charge in [0, 0.05) is 11.3 Å². The lowest BCUT2D eigenvalue weighted by Gasteiger charge is -2.09. The summed E-state index contributed by atoms with van der Waals surface area (Å²) >= 11 is 3.26. The van der Waals surface area contributed by atoms with Gasteiger partial charge in [0.1, 0.15) is 5.82 Å². The molecule has 0 aliphatic carbocycles. The average Bonchev–Trinajstić information content (AvgIpc) is 2.37. The predicted octanol–water partition coefficient (Wildman–Crippen LogP) is 3.44. The van der Waals surface area contributed by atoms with Crippen LogP contribution in [-0.2, 0) is 0 Å². The molecular weight excluding hydrogens is 301 g/mol. The van der Waals surface area contributed by atoms with Gasteiger partial charge in [0.25, 0.3) is 0 Å². The average molecular weight is 312 g/mol. The monoisotopic (exact) mass is 311 g/mol. The van der Waals surface area contributed by atoms with E-state index in [2.05, 4.69) is 31.2 Å². The van der Waals surface area contributed by atoms with Crippen LogP contribution >= 0.6 is 15.9 Å². The first kappa shape index (κ1) is 12.8. The first-order valence-corrected chi connectivity index (χ1v) is 6.00. The van der Waals surface area contributed by atoms with Gasteiger partial charge < -0.3 is 10.1 Å². The molecule has 94 valence electrons. The second kappa shape index (κ2) is 5.30. The predicted molar refractivity (Wildman–Crippen MR) is 70.7 cm³/mol. The van der Waals surface area contributed by atoms with E-state index in [0.717, 1.165) is 0 Å². The molecule has 0 aliphatic rings. The van der Waals surface area contributed by atoms with E-state index in [1.54, 1.807) is 25.3 Å². The summed E-state index contributed by atoms with van der Waals surface area (Å²) in [6, 6.07) is 4.79.